The van der Waals surface area contributed by atoms with Crippen molar-refractivity contribution in [1.29, 1.82) is 0 Å². The molecule has 2 rings (SSSR count). The molecule has 0 saturated carbocycles. The van der Waals surface area contributed by atoms with Crippen molar-refractivity contribution in [2.45, 2.75) is 12.3 Å². The van der Waals surface area contributed by atoms with E-state index in [1.54, 1.807) is 11.3 Å². The predicted octanol–water partition coefficient (Wildman–Crippen LogP) is 3.61. The van der Waals surface area contributed by atoms with Crippen LogP contribution in [0.25, 0.3) is 11.3 Å². The van der Waals surface area contributed by atoms with Gasteiger partial charge in [0.05, 0.1) is 5.69 Å². The van der Waals surface area contributed by atoms with E-state index in [9.17, 15) is 0 Å². The van der Waals surface area contributed by atoms with Crippen LogP contribution in [0.3, 0.4) is 0 Å². The van der Waals surface area contributed by atoms with E-state index in [4.69, 9.17) is 4.42 Å². The van der Waals surface area contributed by atoms with Gasteiger partial charge < -0.3 is 4.42 Å². The summed E-state index contributed by atoms with van der Waals surface area (Å²) in [4.78, 5) is 4.12. The maximum absolute atomic E-state index is 5.35. The fourth-order valence-electron chi connectivity index (χ4n) is 1.18. The molecule has 2 aromatic rings. The first-order chi connectivity index (χ1) is 6.33. The first-order valence-electron chi connectivity index (χ1n) is 3.84. The van der Waals surface area contributed by atoms with Crippen LogP contribution in [-0.2, 0) is 5.33 Å². The molecule has 0 fully saturated rings. The highest BCUT2D eigenvalue weighted by atomic mass is 79.9. The van der Waals surface area contributed by atoms with Crippen molar-refractivity contribution in [3.8, 4) is 11.3 Å². The average molecular weight is 258 g/mol. The highest BCUT2D eigenvalue weighted by molar-refractivity contribution is 9.08. The quantitative estimate of drug-likeness (QED) is 0.769. The van der Waals surface area contributed by atoms with Gasteiger partial charge in [-0.25, -0.2) is 4.98 Å². The number of nitrogens with zero attached hydrogens (tertiary/aromatic N) is 1. The van der Waals surface area contributed by atoms with Crippen LogP contribution in [0.5, 0.6) is 0 Å². The molecule has 0 aliphatic rings. The number of oxazole rings is 1. The molecule has 4 heteroatoms. The average Bonchev–Trinajstić information content (AvgIpc) is 2.71. The van der Waals surface area contributed by atoms with Gasteiger partial charge >= 0.3 is 0 Å². The van der Waals surface area contributed by atoms with Crippen LogP contribution in [0, 0.1) is 6.92 Å². The number of hydrogen-bond donors (Lipinski definition) is 0. The fraction of sp³-hybridized carbons (Fsp3) is 0.222. The van der Waals surface area contributed by atoms with Crippen LogP contribution < -0.4 is 0 Å². The highest BCUT2D eigenvalue weighted by Gasteiger charge is 2.11. The summed E-state index contributed by atoms with van der Waals surface area (Å²) in [6, 6.07) is 0. The van der Waals surface area contributed by atoms with Crippen LogP contribution in [-0.4, -0.2) is 4.98 Å². The Morgan fingerprint density at radius 3 is 3.00 bits per heavy atom. The minimum atomic E-state index is 0.730. The predicted molar refractivity (Wildman–Crippen MR) is 57.2 cm³/mol. The third-order valence-electron chi connectivity index (χ3n) is 1.87. The Morgan fingerprint density at radius 1 is 1.54 bits per heavy atom. The first kappa shape index (κ1) is 8.97. The molecule has 0 spiro atoms. The molecule has 0 atom stereocenters. The Balaban J connectivity index is 2.52. The summed E-state index contributed by atoms with van der Waals surface area (Å²) < 4.78 is 5.35. The SMILES string of the molecule is Cc1cscc1-c1ocnc1CBr. The maximum Gasteiger partial charge on any atom is 0.181 e. The van der Waals surface area contributed by atoms with Gasteiger partial charge in [-0.2, -0.15) is 11.3 Å². The second-order valence-corrected chi connectivity index (χ2v) is 4.03. The summed E-state index contributed by atoms with van der Waals surface area (Å²) >= 11 is 5.06. The molecule has 0 saturated heterocycles. The monoisotopic (exact) mass is 257 g/mol. The molecule has 13 heavy (non-hydrogen) atoms. The molecule has 0 amide bonds. The normalized spacial score (nSPS) is 10.6. The molecule has 0 aliphatic heterocycles. The van der Waals surface area contributed by atoms with Gasteiger partial charge in [0, 0.05) is 16.3 Å². The van der Waals surface area contributed by atoms with Crippen LogP contribution in [0.4, 0.5) is 0 Å². The second-order valence-electron chi connectivity index (χ2n) is 2.73. The van der Waals surface area contributed by atoms with Crippen LogP contribution >= 0.6 is 27.3 Å². The molecule has 2 aromatic heterocycles. The first-order valence-corrected chi connectivity index (χ1v) is 5.91. The molecular formula is C9H8BrNOS. The zero-order valence-corrected chi connectivity index (χ0v) is 9.48. The lowest BCUT2D eigenvalue weighted by atomic mass is 10.1. The molecule has 2 nitrogen and oxygen atoms in total. The Labute approximate surface area is 88.7 Å². The molecule has 0 aliphatic carbocycles. The molecular weight excluding hydrogens is 250 g/mol. The van der Waals surface area contributed by atoms with E-state index in [2.05, 4.69) is 38.6 Å². The topological polar surface area (TPSA) is 26.0 Å². The molecule has 0 radical (unpaired) electrons. The number of aromatic nitrogens is 1. The number of halogens is 1. The van der Waals surface area contributed by atoms with E-state index in [0.29, 0.717) is 0 Å². The number of aryl methyl sites for hydroxylation is 1. The second kappa shape index (κ2) is 3.64. The Bertz CT molecular complexity index is 407. The van der Waals surface area contributed by atoms with E-state index < -0.39 is 0 Å². The minimum absolute atomic E-state index is 0.730. The molecule has 0 N–H and O–H groups in total. The van der Waals surface area contributed by atoms with E-state index in [0.717, 1.165) is 22.3 Å². The van der Waals surface area contributed by atoms with Gasteiger partial charge in [-0.3, -0.25) is 0 Å². The Kier molecular flexibility index (Phi) is 2.51. The van der Waals surface area contributed by atoms with Crippen molar-refractivity contribution in [1.82, 2.24) is 4.98 Å². The third kappa shape index (κ3) is 1.56. The smallest absolute Gasteiger partial charge is 0.181 e. The van der Waals surface area contributed by atoms with Gasteiger partial charge in [0.1, 0.15) is 0 Å². The number of thiophene rings is 1. The fourth-order valence-corrected chi connectivity index (χ4v) is 2.40. The lowest BCUT2D eigenvalue weighted by Gasteiger charge is -1.95. The van der Waals surface area contributed by atoms with Gasteiger partial charge in [0.15, 0.2) is 12.2 Å². The summed E-state index contributed by atoms with van der Waals surface area (Å²) in [7, 11) is 0. The number of hydrogen-bond acceptors (Lipinski definition) is 3. The van der Waals surface area contributed by atoms with Crippen molar-refractivity contribution in [2.75, 3.05) is 0 Å². The number of rotatable bonds is 2. The maximum atomic E-state index is 5.35. The standard InChI is InChI=1S/C9H8BrNOS/c1-6-3-13-4-7(6)9-8(2-10)11-5-12-9/h3-5H,2H2,1H3. The summed E-state index contributed by atoms with van der Waals surface area (Å²) in [6.07, 6.45) is 1.49. The summed E-state index contributed by atoms with van der Waals surface area (Å²) in [6.45, 7) is 2.08. The van der Waals surface area contributed by atoms with Crippen LogP contribution in [0.1, 0.15) is 11.3 Å². The van der Waals surface area contributed by atoms with Crippen molar-refractivity contribution in [3.63, 3.8) is 0 Å². The largest absolute Gasteiger partial charge is 0.443 e. The van der Waals surface area contributed by atoms with Gasteiger partial charge in [-0.15, -0.1) is 0 Å². The molecule has 0 unspecified atom stereocenters. The number of alkyl halides is 1. The lowest BCUT2D eigenvalue weighted by Crippen LogP contribution is -1.81. The van der Waals surface area contributed by atoms with Crippen molar-refractivity contribution >= 4 is 27.3 Å². The van der Waals surface area contributed by atoms with Gasteiger partial charge in [0.25, 0.3) is 0 Å². The molecule has 0 aromatic carbocycles. The zero-order chi connectivity index (χ0) is 9.26. The zero-order valence-electron chi connectivity index (χ0n) is 7.08. The van der Waals surface area contributed by atoms with Gasteiger partial charge in [0.2, 0.25) is 0 Å². The summed E-state index contributed by atoms with van der Waals surface area (Å²) in [5.41, 5.74) is 3.35. The van der Waals surface area contributed by atoms with Crippen molar-refractivity contribution in [3.05, 3.63) is 28.4 Å². The van der Waals surface area contributed by atoms with Crippen LogP contribution in [0.15, 0.2) is 21.6 Å². The highest BCUT2D eigenvalue weighted by Crippen LogP contribution is 2.29. The Morgan fingerprint density at radius 2 is 2.38 bits per heavy atom. The molecule has 68 valence electrons. The van der Waals surface area contributed by atoms with Crippen molar-refractivity contribution in [2.24, 2.45) is 0 Å². The van der Waals surface area contributed by atoms with E-state index >= 15 is 0 Å². The van der Waals surface area contributed by atoms with E-state index in [-0.39, 0.29) is 0 Å². The van der Waals surface area contributed by atoms with E-state index in [1.165, 1.54) is 12.0 Å². The third-order valence-corrected chi connectivity index (χ3v) is 3.26. The Hall–Kier alpha value is -0.610. The van der Waals surface area contributed by atoms with E-state index in [1.807, 2.05) is 0 Å². The minimum Gasteiger partial charge on any atom is -0.443 e. The summed E-state index contributed by atoms with van der Waals surface area (Å²) in [5.74, 6) is 0.885. The molecule has 2 heterocycles. The van der Waals surface area contributed by atoms with Crippen molar-refractivity contribution < 1.29 is 4.42 Å². The summed E-state index contributed by atoms with van der Waals surface area (Å²) in [5, 5.41) is 4.92. The van der Waals surface area contributed by atoms with Gasteiger partial charge in [-0.05, 0) is 17.9 Å². The van der Waals surface area contributed by atoms with Crippen LogP contribution in [0.2, 0.25) is 0 Å². The lowest BCUT2D eigenvalue weighted by molar-refractivity contribution is 0.571. The van der Waals surface area contributed by atoms with Gasteiger partial charge in [-0.1, -0.05) is 15.9 Å². The molecule has 0 bridgehead atoms.